The van der Waals surface area contributed by atoms with Gasteiger partial charge < -0.3 is 14.6 Å². The summed E-state index contributed by atoms with van der Waals surface area (Å²) in [5, 5.41) is 4.57. The van der Waals surface area contributed by atoms with Crippen LogP contribution in [0.1, 0.15) is 48.3 Å². The van der Waals surface area contributed by atoms with Crippen molar-refractivity contribution in [1.82, 2.24) is 9.88 Å². The number of fused-ring (bicyclic) bond motifs is 1. The first-order valence-corrected chi connectivity index (χ1v) is 11.0. The molecule has 0 saturated heterocycles. The summed E-state index contributed by atoms with van der Waals surface area (Å²) in [4.78, 5) is 25.1. The Hall–Kier alpha value is -2.50. The Morgan fingerprint density at radius 1 is 1.10 bits per heavy atom. The number of aryl methyl sites for hydroxylation is 1. The average Bonchev–Trinajstić information content (AvgIpc) is 3.07. The number of rotatable bonds is 7. The van der Waals surface area contributed by atoms with Gasteiger partial charge in [0, 0.05) is 24.5 Å². The largest absolute Gasteiger partial charge is 0.466 e. The van der Waals surface area contributed by atoms with Crippen molar-refractivity contribution in [2.24, 2.45) is 13.0 Å². The number of esters is 1. The standard InChI is InChI=1S/C24H26Cl2N2O3/c1-5-31-24(30)21(14(2)3)16-8-6-15(7-9-16)13-27-23(29)20-12-17-19(28(20)4)11-10-18(25)22(17)26/h6-12,14,21H,5,13H2,1-4H3,(H,27,29). The van der Waals surface area contributed by atoms with E-state index in [4.69, 9.17) is 27.9 Å². The molecule has 0 aliphatic carbocycles. The van der Waals surface area contributed by atoms with E-state index in [0.29, 0.717) is 28.9 Å². The van der Waals surface area contributed by atoms with Gasteiger partial charge in [-0.1, -0.05) is 61.3 Å². The summed E-state index contributed by atoms with van der Waals surface area (Å²) >= 11 is 12.4. The summed E-state index contributed by atoms with van der Waals surface area (Å²) in [7, 11) is 1.82. The molecule has 0 bridgehead atoms. The molecule has 1 N–H and O–H groups in total. The first kappa shape index (κ1) is 23.2. The fraction of sp³-hybridized carbons (Fsp3) is 0.333. The van der Waals surface area contributed by atoms with E-state index in [2.05, 4.69) is 5.32 Å². The molecule has 5 nitrogen and oxygen atoms in total. The van der Waals surface area contributed by atoms with Crippen LogP contribution in [0.3, 0.4) is 0 Å². The molecule has 0 fully saturated rings. The molecule has 0 spiro atoms. The zero-order valence-electron chi connectivity index (χ0n) is 18.0. The van der Waals surface area contributed by atoms with Crippen molar-refractivity contribution in [3.8, 4) is 0 Å². The van der Waals surface area contributed by atoms with Crippen LogP contribution in [0.4, 0.5) is 0 Å². The van der Waals surface area contributed by atoms with Crippen LogP contribution < -0.4 is 5.32 Å². The highest BCUT2D eigenvalue weighted by molar-refractivity contribution is 6.45. The number of hydrogen-bond acceptors (Lipinski definition) is 3. The smallest absolute Gasteiger partial charge is 0.313 e. The molecule has 3 rings (SSSR count). The fourth-order valence-electron chi connectivity index (χ4n) is 3.71. The molecule has 1 heterocycles. The maximum Gasteiger partial charge on any atom is 0.313 e. The van der Waals surface area contributed by atoms with Crippen LogP contribution in [-0.4, -0.2) is 23.1 Å². The van der Waals surface area contributed by atoms with Crippen LogP contribution in [0.2, 0.25) is 10.0 Å². The number of amides is 1. The maximum atomic E-state index is 12.8. The van der Waals surface area contributed by atoms with E-state index in [1.165, 1.54) is 0 Å². The van der Waals surface area contributed by atoms with E-state index in [1.807, 2.05) is 51.2 Å². The number of benzene rings is 2. The molecule has 3 aromatic rings. The summed E-state index contributed by atoms with van der Waals surface area (Å²) in [6.45, 7) is 6.52. The summed E-state index contributed by atoms with van der Waals surface area (Å²) < 4.78 is 7.01. The van der Waals surface area contributed by atoms with E-state index in [9.17, 15) is 9.59 Å². The Morgan fingerprint density at radius 3 is 2.39 bits per heavy atom. The van der Waals surface area contributed by atoms with Crippen molar-refractivity contribution in [3.05, 3.63) is 69.3 Å². The van der Waals surface area contributed by atoms with E-state index in [1.54, 1.807) is 23.6 Å². The Kier molecular flexibility index (Phi) is 7.29. The molecule has 0 radical (unpaired) electrons. The monoisotopic (exact) mass is 460 g/mol. The number of aromatic nitrogens is 1. The van der Waals surface area contributed by atoms with Gasteiger partial charge in [0.2, 0.25) is 0 Å². The Balaban J connectivity index is 1.72. The minimum Gasteiger partial charge on any atom is -0.466 e. The average molecular weight is 461 g/mol. The molecule has 31 heavy (non-hydrogen) atoms. The van der Waals surface area contributed by atoms with Crippen LogP contribution in [-0.2, 0) is 23.1 Å². The van der Waals surface area contributed by atoms with Crippen molar-refractivity contribution in [2.45, 2.75) is 33.2 Å². The second-order valence-electron chi connectivity index (χ2n) is 7.78. The third-order valence-corrected chi connectivity index (χ3v) is 6.16. The predicted molar refractivity (Wildman–Crippen MR) is 125 cm³/mol. The predicted octanol–water partition coefficient (Wildman–Crippen LogP) is 5.72. The van der Waals surface area contributed by atoms with Crippen molar-refractivity contribution in [2.75, 3.05) is 6.61 Å². The molecular weight excluding hydrogens is 435 g/mol. The number of carbonyl (C=O) groups excluding carboxylic acids is 2. The van der Waals surface area contributed by atoms with Gasteiger partial charge in [-0.25, -0.2) is 0 Å². The van der Waals surface area contributed by atoms with E-state index >= 15 is 0 Å². The molecule has 1 atom stereocenters. The van der Waals surface area contributed by atoms with Gasteiger partial charge in [0.15, 0.2) is 0 Å². The van der Waals surface area contributed by atoms with E-state index in [0.717, 1.165) is 22.0 Å². The van der Waals surface area contributed by atoms with Crippen molar-refractivity contribution < 1.29 is 14.3 Å². The van der Waals surface area contributed by atoms with E-state index in [-0.39, 0.29) is 23.7 Å². The highest BCUT2D eigenvalue weighted by Gasteiger charge is 2.25. The van der Waals surface area contributed by atoms with E-state index < -0.39 is 0 Å². The van der Waals surface area contributed by atoms with Crippen LogP contribution in [0, 0.1) is 5.92 Å². The minimum absolute atomic E-state index is 0.122. The lowest BCUT2D eigenvalue weighted by molar-refractivity contribution is -0.146. The Labute approximate surface area is 192 Å². The number of ether oxygens (including phenoxy) is 1. The van der Waals surface area contributed by atoms with Gasteiger partial charge in [-0.3, -0.25) is 9.59 Å². The molecular formula is C24H26Cl2N2O3. The highest BCUT2D eigenvalue weighted by atomic mass is 35.5. The molecule has 164 valence electrons. The van der Waals surface area contributed by atoms with Gasteiger partial charge in [0.05, 0.1) is 22.6 Å². The fourth-order valence-corrected chi connectivity index (χ4v) is 4.09. The number of nitrogens with one attached hydrogen (secondary N) is 1. The Morgan fingerprint density at radius 2 is 1.77 bits per heavy atom. The number of nitrogens with zero attached hydrogens (tertiary/aromatic N) is 1. The molecule has 1 unspecified atom stereocenters. The molecule has 0 aliphatic rings. The number of hydrogen-bond donors (Lipinski definition) is 1. The highest BCUT2D eigenvalue weighted by Crippen LogP contribution is 2.32. The lowest BCUT2D eigenvalue weighted by Crippen LogP contribution is -2.25. The maximum absolute atomic E-state index is 12.8. The zero-order chi connectivity index (χ0) is 22.7. The first-order valence-electron chi connectivity index (χ1n) is 10.2. The van der Waals surface area contributed by atoms with Gasteiger partial charge in [-0.2, -0.15) is 0 Å². The third-order valence-electron chi connectivity index (χ3n) is 5.35. The van der Waals surface area contributed by atoms with Crippen LogP contribution in [0.15, 0.2) is 42.5 Å². The van der Waals surface area contributed by atoms with Gasteiger partial charge >= 0.3 is 5.97 Å². The summed E-state index contributed by atoms with van der Waals surface area (Å²) in [6, 6.07) is 13.0. The summed E-state index contributed by atoms with van der Waals surface area (Å²) in [5.74, 6) is -0.609. The molecule has 7 heteroatoms. The lowest BCUT2D eigenvalue weighted by Gasteiger charge is -2.19. The molecule has 0 saturated carbocycles. The topological polar surface area (TPSA) is 60.3 Å². The normalized spacial score (nSPS) is 12.2. The second kappa shape index (κ2) is 9.75. The lowest BCUT2D eigenvalue weighted by atomic mass is 9.88. The SMILES string of the molecule is CCOC(=O)C(c1ccc(CNC(=O)c2cc3c(Cl)c(Cl)ccc3n2C)cc1)C(C)C. The van der Waals surface area contributed by atoms with Crippen LogP contribution in [0.25, 0.3) is 10.9 Å². The summed E-state index contributed by atoms with van der Waals surface area (Å²) in [6.07, 6.45) is 0. The second-order valence-corrected chi connectivity index (χ2v) is 8.57. The van der Waals surface area contributed by atoms with Gasteiger partial charge in [-0.15, -0.1) is 0 Å². The third kappa shape index (κ3) is 4.89. The Bertz CT molecular complexity index is 1100. The number of carbonyl (C=O) groups is 2. The molecule has 2 aromatic carbocycles. The van der Waals surface area contributed by atoms with Crippen molar-refractivity contribution >= 4 is 46.0 Å². The minimum atomic E-state index is -0.309. The van der Waals surface area contributed by atoms with Crippen LogP contribution >= 0.6 is 23.2 Å². The summed E-state index contributed by atoms with van der Waals surface area (Å²) in [5.41, 5.74) is 3.17. The first-order chi connectivity index (χ1) is 14.7. The quantitative estimate of drug-likeness (QED) is 0.458. The molecule has 1 amide bonds. The van der Waals surface area contributed by atoms with Gasteiger partial charge in [-0.05, 0) is 42.2 Å². The molecule has 0 aliphatic heterocycles. The van der Waals surface area contributed by atoms with Crippen LogP contribution in [0.5, 0.6) is 0 Å². The van der Waals surface area contributed by atoms with Gasteiger partial charge in [0.25, 0.3) is 5.91 Å². The zero-order valence-corrected chi connectivity index (χ0v) is 19.6. The molecule has 1 aromatic heterocycles. The van der Waals surface area contributed by atoms with Gasteiger partial charge in [0.1, 0.15) is 5.69 Å². The van der Waals surface area contributed by atoms with Crippen molar-refractivity contribution in [3.63, 3.8) is 0 Å². The van der Waals surface area contributed by atoms with Crippen molar-refractivity contribution in [1.29, 1.82) is 0 Å². The number of halogens is 2.